The average molecular weight is 317 g/mol. The van der Waals surface area contributed by atoms with E-state index in [2.05, 4.69) is 21.2 Å². The number of carbonyl (C=O) groups is 2. The predicted octanol–water partition coefficient (Wildman–Crippen LogP) is 0.321. The molecule has 0 aromatic carbocycles. The Morgan fingerprint density at radius 2 is 2.09 bits per heavy atom. The molecule has 23 heavy (non-hydrogen) atoms. The number of pyridine rings is 1. The van der Waals surface area contributed by atoms with Gasteiger partial charge in [-0.3, -0.25) is 14.6 Å². The molecule has 2 saturated heterocycles. The lowest BCUT2D eigenvalue weighted by Crippen LogP contribution is -2.50. The van der Waals surface area contributed by atoms with Crippen molar-refractivity contribution in [2.75, 3.05) is 13.1 Å². The molecule has 0 bridgehead atoms. The maximum absolute atomic E-state index is 12.4. The van der Waals surface area contributed by atoms with Gasteiger partial charge in [0.05, 0.1) is 12.1 Å². The standard InChI is InChI=1S/C16H23N5O2/c1-11(22)21-8-2-3-13(10-21)16(23)18-15-9-14(19-20-15)12-4-6-17-7-5-12/h4-7,13-15,19-20H,2-3,8-10H2,1H3,(H,18,23). The molecular formula is C16H23N5O2. The highest BCUT2D eigenvalue weighted by Crippen LogP contribution is 2.21. The highest BCUT2D eigenvalue weighted by molar-refractivity contribution is 5.80. The molecule has 7 nitrogen and oxygen atoms in total. The molecule has 3 N–H and O–H groups in total. The summed E-state index contributed by atoms with van der Waals surface area (Å²) in [6.07, 6.45) is 5.92. The van der Waals surface area contributed by atoms with Crippen LogP contribution in [0.15, 0.2) is 24.5 Å². The molecule has 2 aliphatic heterocycles. The minimum atomic E-state index is -0.116. The van der Waals surface area contributed by atoms with Crippen LogP contribution in [0.4, 0.5) is 0 Å². The molecule has 2 fully saturated rings. The molecule has 0 spiro atoms. The molecule has 2 amide bonds. The van der Waals surface area contributed by atoms with E-state index in [0.29, 0.717) is 6.54 Å². The summed E-state index contributed by atoms with van der Waals surface area (Å²) in [6.45, 7) is 2.84. The van der Waals surface area contributed by atoms with E-state index < -0.39 is 0 Å². The van der Waals surface area contributed by atoms with Crippen LogP contribution >= 0.6 is 0 Å². The summed E-state index contributed by atoms with van der Waals surface area (Å²) in [5.74, 6) is -0.0547. The van der Waals surface area contributed by atoms with Crippen molar-refractivity contribution in [1.29, 1.82) is 0 Å². The van der Waals surface area contributed by atoms with Crippen LogP contribution in [0.1, 0.15) is 37.8 Å². The van der Waals surface area contributed by atoms with E-state index in [4.69, 9.17) is 0 Å². The number of nitrogens with one attached hydrogen (secondary N) is 3. The predicted molar refractivity (Wildman–Crippen MR) is 84.8 cm³/mol. The van der Waals surface area contributed by atoms with E-state index in [-0.39, 0.29) is 29.9 Å². The van der Waals surface area contributed by atoms with Gasteiger partial charge in [-0.15, -0.1) is 0 Å². The molecule has 0 aliphatic carbocycles. The van der Waals surface area contributed by atoms with Crippen LogP contribution < -0.4 is 16.2 Å². The van der Waals surface area contributed by atoms with Gasteiger partial charge in [0.2, 0.25) is 11.8 Å². The van der Waals surface area contributed by atoms with E-state index in [1.54, 1.807) is 24.2 Å². The van der Waals surface area contributed by atoms with Crippen molar-refractivity contribution in [3.63, 3.8) is 0 Å². The second-order valence-electron chi connectivity index (χ2n) is 6.22. The van der Waals surface area contributed by atoms with Gasteiger partial charge in [0.1, 0.15) is 0 Å². The molecule has 1 aromatic rings. The smallest absolute Gasteiger partial charge is 0.226 e. The lowest BCUT2D eigenvalue weighted by atomic mass is 9.96. The number of aromatic nitrogens is 1. The third kappa shape index (κ3) is 3.86. The van der Waals surface area contributed by atoms with Crippen LogP contribution in [0, 0.1) is 5.92 Å². The van der Waals surface area contributed by atoms with Gasteiger partial charge in [0.25, 0.3) is 0 Å². The fraction of sp³-hybridized carbons (Fsp3) is 0.562. The molecular weight excluding hydrogens is 294 g/mol. The fourth-order valence-electron chi connectivity index (χ4n) is 3.23. The zero-order valence-electron chi connectivity index (χ0n) is 13.3. The zero-order chi connectivity index (χ0) is 16.2. The van der Waals surface area contributed by atoms with Crippen molar-refractivity contribution in [2.45, 2.75) is 38.4 Å². The summed E-state index contributed by atoms with van der Waals surface area (Å²) >= 11 is 0. The number of carbonyl (C=O) groups excluding carboxylic acids is 2. The summed E-state index contributed by atoms with van der Waals surface area (Å²) in [7, 11) is 0. The van der Waals surface area contributed by atoms with Gasteiger partial charge in [0, 0.05) is 44.9 Å². The Morgan fingerprint density at radius 1 is 1.30 bits per heavy atom. The summed E-state index contributed by atoms with van der Waals surface area (Å²) < 4.78 is 0. The largest absolute Gasteiger partial charge is 0.342 e. The molecule has 0 saturated carbocycles. The lowest BCUT2D eigenvalue weighted by Gasteiger charge is -2.31. The number of hydrogen-bond donors (Lipinski definition) is 3. The van der Waals surface area contributed by atoms with Gasteiger partial charge in [-0.25, -0.2) is 10.9 Å². The van der Waals surface area contributed by atoms with Crippen LogP contribution in [-0.4, -0.2) is 41.0 Å². The van der Waals surface area contributed by atoms with Crippen molar-refractivity contribution >= 4 is 11.8 Å². The highest BCUT2D eigenvalue weighted by Gasteiger charge is 2.31. The number of hydrazine groups is 1. The summed E-state index contributed by atoms with van der Waals surface area (Å²) in [4.78, 5) is 29.7. The number of rotatable bonds is 3. The van der Waals surface area contributed by atoms with E-state index in [1.807, 2.05) is 12.1 Å². The Labute approximate surface area is 135 Å². The van der Waals surface area contributed by atoms with Gasteiger partial charge >= 0.3 is 0 Å². The van der Waals surface area contributed by atoms with Crippen LogP contribution in [0.2, 0.25) is 0 Å². The maximum atomic E-state index is 12.4. The SMILES string of the molecule is CC(=O)N1CCCC(C(=O)NC2CC(c3ccncc3)NN2)C1. The van der Waals surface area contributed by atoms with Gasteiger partial charge in [-0.1, -0.05) is 0 Å². The third-order valence-electron chi connectivity index (χ3n) is 4.57. The fourth-order valence-corrected chi connectivity index (χ4v) is 3.23. The van der Waals surface area contributed by atoms with E-state index in [0.717, 1.165) is 31.4 Å². The van der Waals surface area contributed by atoms with E-state index in [1.165, 1.54) is 0 Å². The Hall–Kier alpha value is -1.99. The van der Waals surface area contributed by atoms with Gasteiger partial charge < -0.3 is 10.2 Å². The number of nitrogens with zero attached hydrogens (tertiary/aromatic N) is 2. The molecule has 124 valence electrons. The quantitative estimate of drug-likeness (QED) is 0.747. The molecule has 7 heteroatoms. The minimum absolute atomic E-state index is 0.0191. The summed E-state index contributed by atoms with van der Waals surface area (Å²) in [5, 5.41) is 3.04. The molecule has 2 aliphatic rings. The number of amides is 2. The molecule has 3 heterocycles. The van der Waals surface area contributed by atoms with Crippen molar-refractivity contribution < 1.29 is 9.59 Å². The van der Waals surface area contributed by atoms with Gasteiger partial charge in [-0.05, 0) is 30.5 Å². The first-order chi connectivity index (χ1) is 11.1. The molecule has 0 radical (unpaired) electrons. The zero-order valence-corrected chi connectivity index (χ0v) is 13.3. The Bertz CT molecular complexity index is 565. The van der Waals surface area contributed by atoms with Crippen LogP contribution in [-0.2, 0) is 9.59 Å². The molecule has 3 unspecified atom stereocenters. The number of likely N-dealkylation sites (tertiary alicyclic amines) is 1. The van der Waals surface area contributed by atoms with Gasteiger partial charge in [-0.2, -0.15) is 0 Å². The first-order valence-corrected chi connectivity index (χ1v) is 8.10. The summed E-state index contributed by atoms with van der Waals surface area (Å²) in [6, 6.07) is 4.09. The molecule has 3 atom stereocenters. The van der Waals surface area contributed by atoms with Crippen molar-refractivity contribution in [2.24, 2.45) is 5.92 Å². The Balaban J connectivity index is 1.52. The summed E-state index contributed by atoms with van der Waals surface area (Å²) in [5.41, 5.74) is 7.47. The van der Waals surface area contributed by atoms with Crippen LogP contribution in [0.25, 0.3) is 0 Å². The van der Waals surface area contributed by atoms with Crippen molar-refractivity contribution in [1.82, 2.24) is 26.1 Å². The Morgan fingerprint density at radius 3 is 2.83 bits per heavy atom. The number of piperidine rings is 1. The number of hydrogen-bond acceptors (Lipinski definition) is 5. The molecule has 1 aromatic heterocycles. The van der Waals surface area contributed by atoms with Gasteiger partial charge in [0.15, 0.2) is 0 Å². The first kappa shape index (κ1) is 15.9. The maximum Gasteiger partial charge on any atom is 0.226 e. The Kier molecular flexibility index (Phi) is 4.88. The van der Waals surface area contributed by atoms with Crippen LogP contribution in [0.3, 0.4) is 0 Å². The van der Waals surface area contributed by atoms with Crippen molar-refractivity contribution in [3.05, 3.63) is 30.1 Å². The first-order valence-electron chi connectivity index (χ1n) is 8.10. The lowest BCUT2D eigenvalue weighted by molar-refractivity contribution is -0.134. The monoisotopic (exact) mass is 317 g/mol. The average Bonchev–Trinajstić information content (AvgIpc) is 3.04. The second-order valence-corrected chi connectivity index (χ2v) is 6.22. The van der Waals surface area contributed by atoms with Crippen LogP contribution in [0.5, 0.6) is 0 Å². The van der Waals surface area contributed by atoms with E-state index in [9.17, 15) is 9.59 Å². The topological polar surface area (TPSA) is 86.4 Å². The van der Waals surface area contributed by atoms with Crippen molar-refractivity contribution in [3.8, 4) is 0 Å². The normalized spacial score (nSPS) is 27.7. The minimum Gasteiger partial charge on any atom is -0.342 e. The molecule has 3 rings (SSSR count). The highest BCUT2D eigenvalue weighted by atomic mass is 16.2. The second kappa shape index (κ2) is 7.06. The third-order valence-corrected chi connectivity index (χ3v) is 4.57. The van der Waals surface area contributed by atoms with E-state index >= 15 is 0 Å².